The van der Waals surface area contributed by atoms with Crippen molar-refractivity contribution in [3.8, 4) is 0 Å². The molecule has 0 radical (unpaired) electrons. The normalized spacial score (nSPS) is 12.4. The fraction of sp³-hybridized carbons (Fsp3) is 0.500. The summed E-state index contributed by atoms with van der Waals surface area (Å²) >= 11 is 1.34. The molecule has 0 aliphatic carbocycles. The highest BCUT2D eigenvalue weighted by atomic mass is 32.2. The fourth-order valence-corrected chi connectivity index (χ4v) is 2.87. The Morgan fingerprint density at radius 1 is 1.26 bits per heavy atom. The lowest BCUT2D eigenvalue weighted by molar-refractivity contribution is -0.113. The maximum Gasteiger partial charge on any atom is 0.234 e. The average Bonchev–Trinajstić information content (AvgIpc) is 3.01. The number of nitrogens with zero attached hydrogens (tertiary/aromatic N) is 4. The lowest BCUT2D eigenvalue weighted by atomic mass is 9.99. The van der Waals surface area contributed by atoms with E-state index in [1.54, 1.807) is 4.68 Å². The minimum Gasteiger partial charge on any atom is -0.325 e. The summed E-state index contributed by atoms with van der Waals surface area (Å²) in [6.45, 7) is 8.37. The van der Waals surface area contributed by atoms with E-state index in [2.05, 4.69) is 46.8 Å². The van der Waals surface area contributed by atoms with Gasteiger partial charge >= 0.3 is 0 Å². The van der Waals surface area contributed by atoms with Gasteiger partial charge in [-0.3, -0.25) is 4.79 Å². The monoisotopic (exact) mass is 333 g/mol. The number of rotatable bonds is 7. The van der Waals surface area contributed by atoms with E-state index >= 15 is 0 Å². The molecule has 0 aliphatic heterocycles. The van der Waals surface area contributed by atoms with Gasteiger partial charge in [0.1, 0.15) is 0 Å². The van der Waals surface area contributed by atoms with Crippen LogP contribution in [0.15, 0.2) is 29.4 Å². The maximum atomic E-state index is 12.1. The highest BCUT2D eigenvalue weighted by molar-refractivity contribution is 7.99. The van der Waals surface area contributed by atoms with Gasteiger partial charge in [-0.05, 0) is 54.3 Å². The molecule has 1 atom stereocenters. The molecule has 0 aliphatic rings. The van der Waals surface area contributed by atoms with Crippen LogP contribution in [0.2, 0.25) is 0 Å². The van der Waals surface area contributed by atoms with Gasteiger partial charge in [-0.25, -0.2) is 4.68 Å². The third-order valence-electron chi connectivity index (χ3n) is 3.66. The zero-order valence-electron chi connectivity index (χ0n) is 14.0. The summed E-state index contributed by atoms with van der Waals surface area (Å²) in [5, 5.41) is 15.1. The van der Waals surface area contributed by atoms with Crippen molar-refractivity contribution in [1.82, 2.24) is 20.2 Å². The fourth-order valence-electron chi connectivity index (χ4n) is 2.06. The Morgan fingerprint density at radius 3 is 2.57 bits per heavy atom. The number of amides is 1. The number of hydrogen-bond acceptors (Lipinski definition) is 5. The molecule has 1 heterocycles. The molecule has 124 valence electrons. The van der Waals surface area contributed by atoms with Gasteiger partial charge in [0.25, 0.3) is 0 Å². The molecular formula is C16H23N5OS. The molecule has 2 aromatic rings. The summed E-state index contributed by atoms with van der Waals surface area (Å²) in [6, 6.07) is 8.19. The van der Waals surface area contributed by atoms with E-state index in [-0.39, 0.29) is 17.7 Å². The SMILES string of the molecule is CCC(C)c1ccc(NC(=O)CSc2nnnn2C(C)C)cc1. The van der Waals surface area contributed by atoms with Crippen molar-refractivity contribution in [3.05, 3.63) is 29.8 Å². The van der Waals surface area contributed by atoms with E-state index in [1.807, 2.05) is 26.0 Å². The first-order valence-electron chi connectivity index (χ1n) is 7.81. The number of hydrogen-bond donors (Lipinski definition) is 1. The summed E-state index contributed by atoms with van der Waals surface area (Å²) in [5.41, 5.74) is 2.10. The van der Waals surface area contributed by atoms with Gasteiger partial charge in [-0.1, -0.05) is 37.7 Å². The van der Waals surface area contributed by atoms with Crippen molar-refractivity contribution in [2.75, 3.05) is 11.1 Å². The number of tetrazole rings is 1. The molecule has 6 nitrogen and oxygen atoms in total. The first-order chi connectivity index (χ1) is 11.0. The molecule has 0 bridgehead atoms. The predicted molar refractivity (Wildman–Crippen MR) is 92.7 cm³/mol. The lowest BCUT2D eigenvalue weighted by Gasteiger charge is -2.10. The first-order valence-corrected chi connectivity index (χ1v) is 8.80. The van der Waals surface area contributed by atoms with E-state index in [4.69, 9.17) is 0 Å². The molecule has 0 spiro atoms. The average molecular weight is 333 g/mol. The summed E-state index contributed by atoms with van der Waals surface area (Å²) in [7, 11) is 0. The second-order valence-electron chi connectivity index (χ2n) is 5.77. The second kappa shape index (κ2) is 8.10. The molecular weight excluding hydrogens is 310 g/mol. The van der Waals surface area contributed by atoms with Gasteiger partial charge < -0.3 is 5.32 Å². The van der Waals surface area contributed by atoms with Gasteiger partial charge in [0.05, 0.1) is 11.8 Å². The Bertz CT molecular complexity index is 638. The summed E-state index contributed by atoms with van der Waals surface area (Å²) in [6.07, 6.45) is 1.10. The Kier molecular flexibility index (Phi) is 6.15. The van der Waals surface area contributed by atoms with E-state index in [0.717, 1.165) is 12.1 Å². The largest absolute Gasteiger partial charge is 0.325 e. The Morgan fingerprint density at radius 2 is 1.96 bits per heavy atom. The summed E-state index contributed by atoms with van der Waals surface area (Å²) < 4.78 is 1.71. The molecule has 2 rings (SSSR count). The lowest BCUT2D eigenvalue weighted by Crippen LogP contribution is -2.15. The van der Waals surface area contributed by atoms with Crippen LogP contribution in [0.3, 0.4) is 0 Å². The highest BCUT2D eigenvalue weighted by Gasteiger charge is 2.12. The van der Waals surface area contributed by atoms with Crippen LogP contribution in [0.4, 0.5) is 5.69 Å². The van der Waals surface area contributed by atoms with Gasteiger partial charge in [0, 0.05) is 5.69 Å². The molecule has 1 N–H and O–H groups in total. The molecule has 1 unspecified atom stereocenters. The number of thioether (sulfide) groups is 1. The van der Waals surface area contributed by atoms with Crippen molar-refractivity contribution in [2.45, 2.75) is 51.2 Å². The zero-order valence-corrected chi connectivity index (χ0v) is 14.8. The van der Waals surface area contributed by atoms with E-state index in [0.29, 0.717) is 11.1 Å². The highest BCUT2D eigenvalue weighted by Crippen LogP contribution is 2.21. The molecule has 1 amide bonds. The topological polar surface area (TPSA) is 72.7 Å². The van der Waals surface area contributed by atoms with Gasteiger partial charge in [0.15, 0.2) is 0 Å². The van der Waals surface area contributed by atoms with Crippen LogP contribution < -0.4 is 5.32 Å². The van der Waals surface area contributed by atoms with Gasteiger partial charge in [0.2, 0.25) is 11.1 Å². The van der Waals surface area contributed by atoms with Crippen molar-refractivity contribution >= 4 is 23.4 Å². The smallest absolute Gasteiger partial charge is 0.234 e. The van der Waals surface area contributed by atoms with Crippen molar-refractivity contribution in [3.63, 3.8) is 0 Å². The van der Waals surface area contributed by atoms with Crippen LogP contribution in [0.5, 0.6) is 0 Å². The van der Waals surface area contributed by atoms with Crippen molar-refractivity contribution in [1.29, 1.82) is 0 Å². The minimum atomic E-state index is -0.0652. The predicted octanol–water partition coefficient (Wildman–Crippen LogP) is 3.50. The summed E-state index contributed by atoms with van der Waals surface area (Å²) in [4.78, 5) is 12.1. The zero-order chi connectivity index (χ0) is 16.8. The van der Waals surface area contributed by atoms with E-state index in [9.17, 15) is 4.79 Å². The number of aromatic nitrogens is 4. The van der Waals surface area contributed by atoms with Crippen LogP contribution >= 0.6 is 11.8 Å². The third kappa shape index (κ3) is 4.79. The standard InChI is InChI=1S/C16H23N5OS/c1-5-12(4)13-6-8-14(9-7-13)17-15(22)10-23-16-18-19-20-21(16)11(2)3/h6-9,11-12H,5,10H2,1-4H3,(H,17,22). The quantitative estimate of drug-likeness (QED) is 0.785. The number of anilines is 1. The van der Waals surface area contributed by atoms with Gasteiger partial charge in [-0.15, -0.1) is 5.10 Å². The minimum absolute atomic E-state index is 0.0652. The number of carbonyl (C=O) groups excluding carboxylic acids is 1. The van der Waals surface area contributed by atoms with E-state index < -0.39 is 0 Å². The molecule has 1 aromatic heterocycles. The third-order valence-corrected chi connectivity index (χ3v) is 4.59. The van der Waals surface area contributed by atoms with Crippen LogP contribution in [0.1, 0.15) is 51.6 Å². The van der Waals surface area contributed by atoms with Crippen molar-refractivity contribution in [2.24, 2.45) is 0 Å². The molecule has 0 saturated carbocycles. The number of benzene rings is 1. The number of carbonyl (C=O) groups is 1. The van der Waals surface area contributed by atoms with Crippen LogP contribution in [-0.4, -0.2) is 31.9 Å². The van der Waals surface area contributed by atoms with Crippen LogP contribution in [-0.2, 0) is 4.79 Å². The molecule has 1 aromatic carbocycles. The second-order valence-corrected chi connectivity index (χ2v) is 6.71. The van der Waals surface area contributed by atoms with Crippen molar-refractivity contribution < 1.29 is 4.79 Å². The molecule has 23 heavy (non-hydrogen) atoms. The maximum absolute atomic E-state index is 12.1. The van der Waals surface area contributed by atoms with Gasteiger partial charge in [-0.2, -0.15) is 0 Å². The number of nitrogens with one attached hydrogen (secondary N) is 1. The van der Waals surface area contributed by atoms with Crippen LogP contribution in [0, 0.1) is 0 Å². The first kappa shape index (κ1) is 17.5. The Balaban J connectivity index is 1.88. The molecule has 0 fully saturated rings. The molecule has 0 saturated heterocycles. The Labute approximate surface area is 141 Å². The van der Waals surface area contributed by atoms with E-state index in [1.165, 1.54) is 17.3 Å². The molecule has 7 heteroatoms. The Hall–Kier alpha value is -1.89. The summed E-state index contributed by atoms with van der Waals surface area (Å²) in [5.74, 6) is 0.745. The van der Waals surface area contributed by atoms with Crippen LogP contribution in [0.25, 0.3) is 0 Å².